The van der Waals surface area contributed by atoms with E-state index in [1.165, 1.54) is 25.3 Å². The molecule has 40 heavy (non-hydrogen) atoms. The number of methoxy groups -OCH3 is 1. The maximum absolute atomic E-state index is 13.3. The van der Waals surface area contributed by atoms with Gasteiger partial charge in [0.15, 0.2) is 0 Å². The van der Waals surface area contributed by atoms with Crippen molar-refractivity contribution in [1.82, 2.24) is 0 Å². The predicted molar refractivity (Wildman–Crippen MR) is 156 cm³/mol. The molecule has 0 radical (unpaired) electrons. The van der Waals surface area contributed by atoms with E-state index in [1.807, 2.05) is 6.07 Å². The second kappa shape index (κ2) is 11.4. The Bertz CT molecular complexity index is 1790. The number of amides is 1. The van der Waals surface area contributed by atoms with E-state index in [0.29, 0.717) is 22.6 Å². The molecular weight excluding hydrogens is 550 g/mol. The fourth-order valence-electron chi connectivity index (χ4n) is 4.00. The SMILES string of the molecule is COc1ccc(NS(=O)(=O)c2cc(NC(=O)c3ccccc3NS(=O)(=O)c3cc(C)ccc3C)ccc2C)cc1. The fourth-order valence-corrected chi connectivity index (χ4v) is 6.74. The van der Waals surface area contributed by atoms with Crippen LogP contribution in [0.1, 0.15) is 27.0 Å². The molecule has 0 bridgehead atoms. The van der Waals surface area contributed by atoms with E-state index < -0.39 is 26.0 Å². The summed E-state index contributed by atoms with van der Waals surface area (Å²) in [6.45, 7) is 5.13. The van der Waals surface area contributed by atoms with Crippen molar-refractivity contribution in [3.8, 4) is 5.75 Å². The van der Waals surface area contributed by atoms with Gasteiger partial charge in [-0.05, 0) is 92.1 Å². The van der Waals surface area contributed by atoms with Gasteiger partial charge in [-0.1, -0.05) is 30.3 Å². The molecule has 0 fully saturated rings. The summed E-state index contributed by atoms with van der Waals surface area (Å²) in [5.41, 5.74) is 2.54. The van der Waals surface area contributed by atoms with Gasteiger partial charge in [-0.2, -0.15) is 0 Å². The van der Waals surface area contributed by atoms with Gasteiger partial charge in [-0.3, -0.25) is 14.2 Å². The van der Waals surface area contributed by atoms with Crippen LogP contribution in [0.5, 0.6) is 5.75 Å². The van der Waals surface area contributed by atoms with Crippen LogP contribution in [0.25, 0.3) is 0 Å². The number of para-hydroxylation sites is 1. The number of ether oxygens (including phenoxy) is 1. The van der Waals surface area contributed by atoms with E-state index in [4.69, 9.17) is 4.74 Å². The van der Waals surface area contributed by atoms with Crippen LogP contribution in [0, 0.1) is 20.8 Å². The minimum atomic E-state index is -3.99. The van der Waals surface area contributed by atoms with Crippen LogP contribution in [0.15, 0.2) is 94.7 Å². The minimum Gasteiger partial charge on any atom is -0.497 e. The zero-order valence-corrected chi connectivity index (χ0v) is 24.0. The van der Waals surface area contributed by atoms with E-state index in [9.17, 15) is 21.6 Å². The molecule has 0 aliphatic rings. The quantitative estimate of drug-likeness (QED) is 0.241. The van der Waals surface area contributed by atoms with Crippen molar-refractivity contribution in [2.45, 2.75) is 30.6 Å². The van der Waals surface area contributed by atoms with Crippen molar-refractivity contribution in [3.63, 3.8) is 0 Å². The van der Waals surface area contributed by atoms with Crippen LogP contribution in [-0.2, 0) is 20.0 Å². The summed E-state index contributed by atoms with van der Waals surface area (Å²) in [6.07, 6.45) is 0. The number of anilines is 3. The van der Waals surface area contributed by atoms with Crippen LogP contribution in [0.2, 0.25) is 0 Å². The third kappa shape index (κ3) is 6.44. The standard InChI is InChI=1S/C29H29N3O6S2/c1-19-9-10-20(2)27(17-19)40(36,37)32-26-8-6-5-7-25(26)29(33)30-23-12-11-21(3)28(18-23)39(34,35)31-22-13-15-24(38-4)16-14-22/h5-18,31-32H,1-4H3,(H,30,33). The molecule has 208 valence electrons. The summed E-state index contributed by atoms with van der Waals surface area (Å²) in [5.74, 6) is -0.0324. The fraction of sp³-hybridized carbons (Fsp3) is 0.138. The van der Waals surface area contributed by atoms with Gasteiger partial charge < -0.3 is 10.1 Å². The van der Waals surface area contributed by atoms with Crippen LogP contribution in [-0.4, -0.2) is 29.9 Å². The molecular formula is C29H29N3O6S2. The molecule has 0 aliphatic carbocycles. The molecule has 1 amide bonds. The Labute approximate surface area is 234 Å². The highest BCUT2D eigenvalue weighted by molar-refractivity contribution is 7.93. The zero-order chi connectivity index (χ0) is 29.1. The van der Waals surface area contributed by atoms with Gasteiger partial charge in [0.25, 0.3) is 26.0 Å². The van der Waals surface area contributed by atoms with Crippen molar-refractivity contribution in [2.75, 3.05) is 21.9 Å². The van der Waals surface area contributed by atoms with Crippen molar-refractivity contribution in [1.29, 1.82) is 0 Å². The van der Waals surface area contributed by atoms with Gasteiger partial charge in [0, 0.05) is 11.4 Å². The average molecular weight is 580 g/mol. The Morgan fingerprint density at radius 3 is 1.93 bits per heavy atom. The lowest BCUT2D eigenvalue weighted by atomic mass is 10.1. The molecule has 0 spiro atoms. The Hall–Kier alpha value is -4.35. The highest BCUT2D eigenvalue weighted by Gasteiger charge is 2.22. The molecule has 4 rings (SSSR count). The molecule has 4 aromatic rings. The lowest BCUT2D eigenvalue weighted by molar-refractivity contribution is 0.102. The van der Waals surface area contributed by atoms with Gasteiger partial charge >= 0.3 is 0 Å². The van der Waals surface area contributed by atoms with Crippen molar-refractivity contribution < 1.29 is 26.4 Å². The summed E-state index contributed by atoms with van der Waals surface area (Å²) >= 11 is 0. The molecule has 3 N–H and O–H groups in total. The maximum Gasteiger partial charge on any atom is 0.262 e. The van der Waals surface area contributed by atoms with Gasteiger partial charge in [0.05, 0.1) is 28.2 Å². The lowest BCUT2D eigenvalue weighted by Crippen LogP contribution is -2.20. The predicted octanol–water partition coefficient (Wildman–Crippen LogP) is 5.47. The zero-order valence-electron chi connectivity index (χ0n) is 22.3. The molecule has 0 saturated carbocycles. The van der Waals surface area contributed by atoms with Gasteiger partial charge in [-0.15, -0.1) is 0 Å². The molecule has 0 unspecified atom stereocenters. The third-order valence-electron chi connectivity index (χ3n) is 6.13. The number of hydrogen-bond acceptors (Lipinski definition) is 6. The van der Waals surface area contributed by atoms with E-state index in [1.54, 1.807) is 81.4 Å². The smallest absolute Gasteiger partial charge is 0.262 e. The summed E-state index contributed by atoms with van der Waals surface area (Å²) in [5, 5.41) is 2.68. The molecule has 0 aliphatic heterocycles. The topological polar surface area (TPSA) is 131 Å². The summed E-state index contributed by atoms with van der Waals surface area (Å²) in [4.78, 5) is 13.3. The van der Waals surface area contributed by atoms with Crippen LogP contribution in [0.4, 0.5) is 17.1 Å². The second-order valence-electron chi connectivity index (χ2n) is 9.19. The Kier molecular flexibility index (Phi) is 8.17. The Balaban J connectivity index is 1.59. The van der Waals surface area contributed by atoms with Gasteiger partial charge in [0.1, 0.15) is 5.75 Å². The van der Waals surface area contributed by atoms with Crippen LogP contribution < -0.4 is 19.5 Å². The number of nitrogens with one attached hydrogen (secondary N) is 3. The van der Waals surface area contributed by atoms with Gasteiger partial charge in [0.2, 0.25) is 0 Å². The number of sulfonamides is 2. The first-order valence-corrected chi connectivity index (χ1v) is 15.1. The summed E-state index contributed by atoms with van der Waals surface area (Å²) < 4.78 is 62.8. The molecule has 0 atom stereocenters. The third-order valence-corrected chi connectivity index (χ3v) is 9.16. The van der Waals surface area contributed by atoms with Crippen molar-refractivity contribution in [2.24, 2.45) is 0 Å². The van der Waals surface area contributed by atoms with Crippen LogP contribution >= 0.6 is 0 Å². The molecule has 0 saturated heterocycles. The van der Waals surface area contributed by atoms with Gasteiger partial charge in [-0.25, -0.2) is 16.8 Å². The Morgan fingerprint density at radius 1 is 0.675 bits per heavy atom. The summed E-state index contributed by atoms with van der Waals surface area (Å²) in [7, 11) is -6.46. The number of hydrogen-bond donors (Lipinski definition) is 3. The molecule has 0 aromatic heterocycles. The number of aryl methyl sites for hydroxylation is 3. The van der Waals surface area contributed by atoms with E-state index >= 15 is 0 Å². The number of carbonyl (C=O) groups is 1. The molecule has 4 aromatic carbocycles. The summed E-state index contributed by atoms with van der Waals surface area (Å²) in [6, 6.07) is 22.2. The normalized spacial score (nSPS) is 11.5. The first kappa shape index (κ1) is 28.7. The Morgan fingerprint density at radius 2 is 1.25 bits per heavy atom. The van der Waals surface area contributed by atoms with E-state index in [2.05, 4.69) is 14.8 Å². The molecule has 9 nitrogen and oxygen atoms in total. The first-order valence-electron chi connectivity index (χ1n) is 12.2. The van der Waals surface area contributed by atoms with Crippen molar-refractivity contribution >= 4 is 43.0 Å². The monoisotopic (exact) mass is 579 g/mol. The van der Waals surface area contributed by atoms with E-state index in [0.717, 1.165) is 5.56 Å². The minimum absolute atomic E-state index is 0.0231. The lowest BCUT2D eigenvalue weighted by Gasteiger charge is -2.15. The average Bonchev–Trinajstić information content (AvgIpc) is 2.91. The number of carbonyl (C=O) groups excluding carboxylic acids is 1. The second-order valence-corrected chi connectivity index (χ2v) is 12.5. The molecule has 0 heterocycles. The first-order chi connectivity index (χ1) is 18.9. The number of rotatable bonds is 9. The largest absolute Gasteiger partial charge is 0.497 e. The highest BCUT2D eigenvalue weighted by Crippen LogP contribution is 2.27. The molecule has 11 heteroatoms. The van der Waals surface area contributed by atoms with Crippen LogP contribution in [0.3, 0.4) is 0 Å². The highest BCUT2D eigenvalue weighted by atomic mass is 32.2. The number of benzene rings is 4. The maximum atomic E-state index is 13.3. The van der Waals surface area contributed by atoms with Crippen molar-refractivity contribution in [3.05, 3.63) is 107 Å². The van der Waals surface area contributed by atoms with E-state index in [-0.39, 0.29) is 26.7 Å².